The molecule has 0 aliphatic carbocycles. The lowest BCUT2D eigenvalue weighted by Crippen LogP contribution is -2.15. The molecule has 0 aromatic heterocycles. The topological polar surface area (TPSA) is 123 Å². The first-order valence-corrected chi connectivity index (χ1v) is 9.94. The molecule has 2 rings (SSSR count). The van der Waals surface area contributed by atoms with Crippen LogP contribution < -0.4 is 24.2 Å². The third-order valence-electron chi connectivity index (χ3n) is 3.76. The van der Waals surface area contributed by atoms with Gasteiger partial charge in [0.2, 0.25) is 15.8 Å². The molecule has 0 atom stereocenters. The van der Waals surface area contributed by atoms with E-state index >= 15 is 0 Å². The van der Waals surface area contributed by atoms with Crippen LogP contribution in [0.3, 0.4) is 0 Å². The molecule has 28 heavy (non-hydrogen) atoms. The van der Waals surface area contributed by atoms with Crippen molar-refractivity contribution in [3.63, 3.8) is 0 Å². The van der Waals surface area contributed by atoms with E-state index in [1.54, 1.807) is 12.1 Å². The molecule has 3 N–H and O–H groups in total. The summed E-state index contributed by atoms with van der Waals surface area (Å²) in [5.41, 5.74) is 1.05. The summed E-state index contributed by atoms with van der Waals surface area (Å²) < 4.78 is 41.0. The van der Waals surface area contributed by atoms with Gasteiger partial charge in [-0.25, -0.2) is 8.42 Å². The minimum atomic E-state index is -3.58. The lowest BCUT2D eigenvalue weighted by Gasteiger charge is -2.15. The van der Waals surface area contributed by atoms with E-state index in [1.807, 2.05) is 0 Å². The lowest BCUT2D eigenvalue weighted by atomic mass is 10.1. The van der Waals surface area contributed by atoms with Crippen molar-refractivity contribution in [1.29, 1.82) is 0 Å². The number of ether oxygens (including phenoxy) is 3. The van der Waals surface area contributed by atoms with Gasteiger partial charge >= 0.3 is 0 Å². The zero-order chi connectivity index (χ0) is 20.9. The summed E-state index contributed by atoms with van der Waals surface area (Å²) in [4.78, 5) is 12.6. The van der Waals surface area contributed by atoms with Crippen LogP contribution >= 0.6 is 0 Å². The van der Waals surface area contributed by atoms with Gasteiger partial charge < -0.3 is 24.6 Å². The fourth-order valence-corrected chi connectivity index (χ4v) is 3.10. The maximum Gasteiger partial charge on any atom is 0.255 e. The van der Waals surface area contributed by atoms with E-state index in [0.717, 1.165) is 6.26 Å². The Morgan fingerprint density at radius 2 is 1.64 bits per heavy atom. The van der Waals surface area contributed by atoms with E-state index in [1.165, 1.54) is 39.5 Å². The molecular weight excluding hydrogens is 388 g/mol. The van der Waals surface area contributed by atoms with Gasteiger partial charge in [0, 0.05) is 28.9 Å². The van der Waals surface area contributed by atoms with E-state index in [-0.39, 0.29) is 17.9 Å². The van der Waals surface area contributed by atoms with Gasteiger partial charge in [-0.3, -0.25) is 9.52 Å². The normalized spacial score (nSPS) is 10.9. The molecule has 0 spiro atoms. The maximum absolute atomic E-state index is 12.6. The second kappa shape index (κ2) is 8.81. The summed E-state index contributed by atoms with van der Waals surface area (Å²) in [6, 6.07) is 7.43. The molecule has 2 aromatic carbocycles. The molecule has 0 saturated heterocycles. The maximum atomic E-state index is 12.6. The van der Waals surface area contributed by atoms with Crippen LogP contribution in [0.15, 0.2) is 30.3 Å². The molecule has 2 aromatic rings. The third-order valence-corrected chi connectivity index (χ3v) is 4.35. The number of carbonyl (C=O) groups excluding carboxylic acids is 1. The van der Waals surface area contributed by atoms with Crippen molar-refractivity contribution >= 4 is 27.3 Å². The van der Waals surface area contributed by atoms with Crippen molar-refractivity contribution in [3.05, 3.63) is 41.5 Å². The third kappa shape index (κ3) is 5.05. The van der Waals surface area contributed by atoms with E-state index in [4.69, 9.17) is 14.2 Å². The molecule has 0 aliphatic heterocycles. The van der Waals surface area contributed by atoms with Gasteiger partial charge in [0.25, 0.3) is 5.91 Å². The summed E-state index contributed by atoms with van der Waals surface area (Å²) >= 11 is 0. The van der Waals surface area contributed by atoms with Gasteiger partial charge in [-0.1, -0.05) is 6.07 Å². The van der Waals surface area contributed by atoms with Gasteiger partial charge in [-0.05, 0) is 12.1 Å². The smallest absolute Gasteiger partial charge is 0.255 e. The Morgan fingerprint density at radius 1 is 1.04 bits per heavy atom. The van der Waals surface area contributed by atoms with Crippen molar-refractivity contribution in [1.82, 2.24) is 0 Å². The van der Waals surface area contributed by atoms with Crippen LogP contribution in [0.5, 0.6) is 17.2 Å². The Hall–Kier alpha value is -2.98. The van der Waals surface area contributed by atoms with Gasteiger partial charge in [0.15, 0.2) is 11.5 Å². The number of hydrogen-bond acceptors (Lipinski definition) is 7. The van der Waals surface area contributed by atoms with Crippen molar-refractivity contribution in [2.75, 3.05) is 37.6 Å². The molecular formula is C18H22N2O7S. The SMILES string of the molecule is COc1cc(NC(=O)c2ccc(CO)c(NS(C)(=O)=O)c2)cc(OC)c1OC. The van der Waals surface area contributed by atoms with Crippen molar-refractivity contribution in [2.24, 2.45) is 0 Å². The average Bonchev–Trinajstić information content (AvgIpc) is 2.65. The van der Waals surface area contributed by atoms with E-state index in [2.05, 4.69) is 10.0 Å². The van der Waals surface area contributed by atoms with E-state index < -0.39 is 15.9 Å². The van der Waals surface area contributed by atoms with Crippen LogP contribution in [0.1, 0.15) is 15.9 Å². The number of methoxy groups -OCH3 is 3. The van der Waals surface area contributed by atoms with E-state index in [9.17, 15) is 18.3 Å². The average molecular weight is 410 g/mol. The highest BCUT2D eigenvalue weighted by Crippen LogP contribution is 2.40. The predicted molar refractivity (Wildman–Crippen MR) is 105 cm³/mol. The van der Waals surface area contributed by atoms with Gasteiger partial charge in [0.05, 0.1) is 39.9 Å². The summed E-state index contributed by atoms with van der Waals surface area (Å²) in [7, 11) is 0.809. The highest BCUT2D eigenvalue weighted by atomic mass is 32.2. The van der Waals surface area contributed by atoms with Crippen molar-refractivity contribution in [3.8, 4) is 17.2 Å². The largest absolute Gasteiger partial charge is 0.493 e. The molecule has 9 nitrogen and oxygen atoms in total. The number of aliphatic hydroxyl groups excluding tert-OH is 1. The Labute approximate surface area is 163 Å². The van der Waals surface area contributed by atoms with Crippen LogP contribution in [0.4, 0.5) is 11.4 Å². The highest BCUT2D eigenvalue weighted by Gasteiger charge is 2.16. The number of amides is 1. The minimum absolute atomic E-state index is 0.127. The minimum Gasteiger partial charge on any atom is -0.493 e. The molecule has 152 valence electrons. The Balaban J connectivity index is 2.36. The number of anilines is 2. The fourth-order valence-electron chi connectivity index (χ4n) is 2.51. The number of hydrogen-bond donors (Lipinski definition) is 3. The van der Waals surface area contributed by atoms with Crippen molar-refractivity contribution < 1.29 is 32.5 Å². The number of benzene rings is 2. The quantitative estimate of drug-likeness (QED) is 0.607. The second-order valence-electron chi connectivity index (χ2n) is 5.77. The molecule has 0 radical (unpaired) electrons. The van der Waals surface area contributed by atoms with Crippen molar-refractivity contribution in [2.45, 2.75) is 6.61 Å². The van der Waals surface area contributed by atoms with Gasteiger partial charge in [-0.15, -0.1) is 0 Å². The number of carbonyl (C=O) groups is 1. The zero-order valence-corrected chi connectivity index (χ0v) is 16.7. The molecule has 0 aliphatic rings. The van der Waals surface area contributed by atoms with E-state index in [0.29, 0.717) is 28.5 Å². The molecule has 0 fully saturated rings. The standard InChI is InChI=1S/C18H22N2O7S/c1-25-15-8-13(9-16(26-2)17(15)27-3)19-18(22)11-5-6-12(10-21)14(7-11)20-28(4,23)24/h5-9,20-21H,10H2,1-4H3,(H,19,22). The van der Waals surface area contributed by atoms with Gasteiger partial charge in [0.1, 0.15) is 0 Å². The summed E-state index contributed by atoms with van der Waals surface area (Å²) in [5.74, 6) is 0.629. The highest BCUT2D eigenvalue weighted by molar-refractivity contribution is 7.92. The Bertz CT molecular complexity index is 949. The molecule has 0 saturated carbocycles. The van der Waals surface area contributed by atoms with Crippen LogP contribution in [0.25, 0.3) is 0 Å². The zero-order valence-electron chi connectivity index (χ0n) is 15.9. The Morgan fingerprint density at radius 3 is 2.11 bits per heavy atom. The van der Waals surface area contributed by atoms with Gasteiger partial charge in [-0.2, -0.15) is 0 Å². The molecule has 0 unspecified atom stereocenters. The molecule has 0 heterocycles. The second-order valence-corrected chi connectivity index (χ2v) is 7.52. The Kier molecular flexibility index (Phi) is 6.71. The first kappa shape index (κ1) is 21.3. The summed E-state index contributed by atoms with van der Waals surface area (Å²) in [5, 5.41) is 12.1. The molecule has 0 bridgehead atoms. The molecule has 1 amide bonds. The number of sulfonamides is 1. The fraction of sp³-hybridized carbons (Fsp3) is 0.278. The van der Waals surface area contributed by atoms with Crippen LogP contribution in [0.2, 0.25) is 0 Å². The predicted octanol–water partition coefficient (Wildman–Crippen LogP) is 1.83. The first-order valence-electron chi connectivity index (χ1n) is 8.05. The first-order chi connectivity index (χ1) is 13.2. The van der Waals surface area contributed by atoms with Crippen LogP contribution in [-0.2, 0) is 16.6 Å². The number of aliphatic hydroxyl groups is 1. The monoisotopic (exact) mass is 410 g/mol. The number of rotatable bonds is 8. The van der Waals surface area contributed by atoms with Crippen LogP contribution in [-0.4, -0.2) is 47.0 Å². The summed E-state index contributed by atoms with van der Waals surface area (Å²) in [6.07, 6.45) is 0.983. The summed E-state index contributed by atoms with van der Waals surface area (Å²) in [6.45, 7) is -0.382. The molecule has 10 heteroatoms. The number of nitrogens with one attached hydrogen (secondary N) is 2. The lowest BCUT2D eigenvalue weighted by molar-refractivity contribution is 0.102. The van der Waals surface area contributed by atoms with Crippen LogP contribution in [0, 0.1) is 0 Å².